The first-order valence-corrected chi connectivity index (χ1v) is 11.2. The maximum absolute atomic E-state index is 11.6. The molecule has 1 saturated heterocycles. The molecule has 5 fully saturated rings. The van der Waals surface area contributed by atoms with Crippen molar-refractivity contribution in [3.63, 3.8) is 0 Å². The molecule has 0 N–H and O–H groups in total. The molecule has 156 valence electrons. The van der Waals surface area contributed by atoms with Crippen molar-refractivity contribution in [2.45, 2.75) is 103 Å². The highest BCUT2D eigenvalue weighted by molar-refractivity contribution is 5.66. The second kappa shape index (κ2) is 5.96. The van der Waals surface area contributed by atoms with E-state index in [-0.39, 0.29) is 40.6 Å². The molecule has 0 radical (unpaired) electrons. The number of hydrogen-bond acceptors (Lipinski definition) is 5. The average Bonchev–Trinajstić information content (AvgIpc) is 3.20. The predicted octanol–water partition coefficient (Wildman–Crippen LogP) is 4.02. The first-order valence-electron chi connectivity index (χ1n) is 11.2. The van der Waals surface area contributed by atoms with Crippen LogP contribution in [0.15, 0.2) is 0 Å². The fourth-order valence-electron chi connectivity index (χ4n) is 8.32. The summed E-state index contributed by atoms with van der Waals surface area (Å²) in [4.78, 5) is 23.1. The number of ether oxygens (including phenoxy) is 3. The van der Waals surface area contributed by atoms with E-state index in [1.807, 2.05) is 0 Å². The summed E-state index contributed by atoms with van der Waals surface area (Å²) in [6.45, 7) is 7.87. The largest absolute Gasteiger partial charge is 0.462 e. The number of rotatable bonds is 2. The summed E-state index contributed by atoms with van der Waals surface area (Å²) in [5.41, 5.74) is 0.222. The van der Waals surface area contributed by atoms with Crippen molar-refractivity contribution in [1.29, 1.82) is 0 Å². The average molecular weight is 391 g/mol. The van der Waals surface area contributed by atoms with Crippen LogP contribution in [0.5, 0.6) is 0 Å². The molecule has 4 saturated carbocycles. The zero-order valence-corrected chi connectivity index (χ0v) is 17.7. The van der Waals surface area contributed by atoms with E-state index < -0.39 is 0 Å². The second-order valence-electron chi connectivity index (χ2n) is 10.7. The summed E-state index contributed by atoms with van der Waals surface area (Å²) in [7, 11) is 0. The van der Waals surface area contributed by atoms with Gasteiger partial charge in [-0.2, -0.15) is 0 Å². The standard InChI is InChI=1S/C23H34O5/c1-13(24)26-15-7-10-22(4)18-8-9-21(3)17(5-6-19(21)27-14(2)25)16(18)11-20-23(22,12-15)28-20/h15-20H,5-12H2,1-4H3/t15?,16-,17-,18+,19?,20?,21-,22+,23?/m0/s1. The fourth-order valence-corrected chi connectivity index (χ4v) is 8.32. The highest BCUT2D eigenvalue weighted by Crippen LogP contribution is 2.73. The Hall–Kier alpha value is -1.10. The fraction of sp³-hybridized carbons (Fsp3) is 0.913. The topological polar surface area (TPSA) is 65.1 Å². The van der Waals surface area contributed by atoms with Crippen LogP contribution in [0.1, 0.15) is 79.1 Å². The van der Waals surface area contributed by atoms with Gasteiger partial charge in [-0.3, -0.25) is 9.59 Å². The lowest BCUT2D eigenvalue weighted by molar-refractivity contribution is -0.164. The highest BCUT2D eigenvalue weighted by atomic mass is 16.6. The van der Waals surface area contributed by atoms with Crippen molar-refractivity contribution in [3.8, 4) is 0 Å². The molecule has 1 aliphatic heterocycles. The third-order valence-corrected chi connectivity index (χ3v) is 9.59. The Morgan fingerprint density at radius 3 is 2.39 bits per heavy atom. The molecular weight excluding hydrogens is 356 g/mol. The lowest BCUT2D eigenvalue weighted by atomic mass is 9.45. The Morgan fingerprint density at radius 1 is 0.929 bits per heavy atom. The molecule has 0 aromatic rings. The van der Waals surface area contributed by atoms with Gasteiger partial charge in [0, 0.05) is 31.1 Å². The first-order chi connectivity index (χ1) is 13.2. The molecule has 0 amide bonds. The van der Waals surface area contributed by atoms with Crippen molar-refractivity contribution in [1.82, 2.24) is 0 Å². The summed E-state index contributed by atoms with van der Waals surface area (Å²) in [5, 5.41) is 0. The molecule has 5 heteroatoms. The zero-order chi connectivity index (χ0) is 19.9. The third kappa shape index (κ3) is 2.41. The molecule has 0 aromatic carbocycles. The number of carbonyl (C=O) groups excluding carboxylic acids is 2. The molecular formula is C23H34O5. The minimum Gasteiger partial charge on any atom is -0.462 e. The molecule has 5 rings (SSSR count). The van der Waals surface area contributed by atoms with E-state index in [9.17, 15) is 9.59 Å². The van der Waals surface area contributed by atoms with E-state index in [1.165, 1.54) is 26.7 Å². The van der Waals surface area contributed by atoms with Gasteiger partial charge in [0.05, 0.1) is 6.10 Å². The van der Waals surface area contributed by atoms with Crippen LogP contribution >= 0.6 is 0 Å². The lowest BCUT2D eigenvalue weighted by Crippen LogP contribution is -2.59. The van der Waals surface area contributed by atoms with Crippen molar-refractivity contribution >= 4 is 11.9 Å². The number of carbonyl (C=O) groups is 2. The van der Waals surface area contributed by atoms with Gasteiger partial charge in [-0.25, -0.2) is 0 Å². The first kappa shape index (κ1) is 18.9. The van der Waals surface area contributed by atoms with Crippen molar-refractivity contribution < 1.29 is 23.8 Å². The Balaban J connectivity index is 1.39. The van der Waals surface area contributed by atoms with Crippen molar-refractivity contribution in [3.05, 3.63) is 0 Å². The van der Waals surface area contributed by atoms with E-state index in [0.717, 1.165) is 38.5 Å². The highest BCUT2D eigenvalue weighted by Gasteiger charge is 2.76. The monoisotopic (exact) mass is 390 g/mol. The van der Waals surface area contributed by atoms with Gasteiger partial charge in [0.15, 0.2) is 0 Å². The van der Waals surface area contributed by atoms with Gasteiger partial charge in [-0.15, -0.1) is 0 Å². The molecule has 4 aliphatic carbocycles. The van der Waals surface area contributed by atoms with Crippen LogP contribution < -0.4 is 0 Å². The minimum absolute atomic E-state index is 0.0146. The second-order valence-corrected chi connectivity index (χ2v) is 10.7. The van der Waals surface area contributed by atoms with E-state index >= 15 is 0 Å². The maximum atomic E-state index is 11.6. The van der Waals surface area contributed by atoms with E-state index in [2.05, 4.69) is 13.8 Å². The summed E-state index contributed by atoms with van der Waals surface area (Å²) in [5.74, 6) is 1.64. The van der Waals surface area contributed by atoms with Gasteiger partial charge < -0.3 is 14.2 Å². The van der Waals surface area contributed by atoms with Crippen LogP contribution in [-0.4, -0.2) is 35.9 Å². The summed E-state index contributed by atoms with van der Waals surface area (Å²) in [6.07, 6.45) is 8.95. The molecule has 1 heterocycles. The number of epoxide rings is 1. The van der Waals surface area contributed by atoms with E-state index in [0.29, 0.717) is 23.9 Å². The van der Waals surface area contributed by atoms with Crippen LogP contribution in [0.2, 0.25) is 0 Å². The summed E-state index contributed by atoms with van der Waals surface area (Å²) < 4.78 is 17.8. The van der Waals surface area contributed by atoms with Crippen molar-refractivity contribution in [2.24, 2.45) is 28.6 Å². The van der Waals surface area contributed by atoms with E-state index in [1.54, 1.807) is 0 Å². The summed E-state index contributed by atoms with van der Waals surface area (Å²) in [6, 6.07) is 0. The van der Waals surface area contributed by atoms with Crippen LogP contribution in [0.25, 0.3) is 0 Å². The Kier molecular flexibility index (Phi) is 4.02. The smallest absolute Gasteiger partial charge is 0.302 e. The Labute approximate surface area is 167 Å². The SMILES string of the molecule is CC(=O)OC1CC[C@]2(C)[C@@H]3CC[C@]4(C)C(OC(C)=O)CC[C@H]4[C@@H]3CC3OC32C1. The molecule has 0 aromatic heterocycles. The van der Waals surface area contributed by atoms with Crippen LogP contribution in [0, 0.1) is 28.6 Å². The van der Waals surface area contributed by atoms with Gasteiger partial charge in [-0.05, 0) is 62.7 Å². The van der Waals surface area contributed by atoms with Gasteiger partial charge in [0.25, 0.3) is 0 Å². The molecule has 28 heavy (non-hydrogen) atoms. The number of hydrogen-bond donors (Lipinski definition) is 0. The quantitative estimate of drug-likeness (QED) is 0.526. The normalized spacial score (nSPS) is 53.9. The van der Waals surface area contributed by atoms with Crippen LogP contribution in [-0.2, 0) is 23.8 Å². The molecule has 9 atom stereocenters. The van der Waals surface area contributed by atoms with Crippen LogP contribution in [0.3, 0.4) is 0 Å². The van der Waals surface area contributed by atoms with Crippen molar-refractivity contribution in [2.75, 3.05) is 0 Å². The molecule has 5 nitrogen and oxygen atoms in total. The number of esters is 2. The summed E-state index contributed by atoms with van der Waals surface area (Å²) >= 11 is 0. The van der Waals surface area contributed by atoms with Gasteiger partial charge in [0.2, 0.25) is 0 Å². The molecule has 1 spiro atoms. The van der Waals surface area contributed by atoms with E-state index in [4.69, 9.17) is 14.2 Å². The van der Waals surface area contributed by atoms with Gasteiger partial charge in [0.1, 0.15) is 17.8 Å². The third-order valence-electron chi connectivity index (χ3n) is 9.59. The van der Waals surface area contributed by atoms with Gasteiger partial charge >= 0.3 is 11.9 Å². The Morgan fingerprint density at radius 2 is 1.68 bits per heavy atom. The maximum Gasteiger partial charge on any atom is 0.302 e. The minimum atomic E-state index is -0.174. The molecule has 5 aliphatic rings. The lowest BCUT2D eigenvalue weighted by Gasteiger charge is -2.59. The van der Waals surface area contributed by atoms with Crippen LogP contribution in [0.4, 0.5) is 0 Å². The van der Waals surface area contributed by atoms with Gasteiger partial charge in [-0.1, -0.05) is 13.8 Å². The molecule has 4 unspecified atom stereocenters. The Bertz CT molecular complexity index is 705. The zero-order valence-electron chi connectivity index (χ0n) is 17.7. The molecule has 0 bridgehead atoms. The number of fused-ring (bicyclic) bond motifs is 4. The predicted molar refractivity (Wildman–Crippen MR) is 102 cm³/mol.